The van der Waals surface area contributed by atoms with Gasteiger partial charge in [-0.2, -0.15) is 0 Å². The van der Waals surface area contributed by atoms with E-state index in [-0.39, 0.29) is 6.10 Å². The topological polar surface area (TPSA) is 57.5 Å². The van der Waals surface area contributed by atoms with Crippen LogP contribution in [0.2, 0.25) is 0 Å². The zero-order valence-electron chi connectivity index (χ0n) is 18.9. The Hall–Kier alpha value is -0.0900. The largest absolute Gasteiger partial charge is 0.481 e. The first-order chi connectivity index (χ1) is 13.6. The van der Waals surface area contributed by atoms with Crippen LogP contribution in [0.25, 0.3) is 0 Å². The zero-order chi connectivity index (χ0) is 21.3. The van der Waals surface area contributed by atoms with Crippen molar-refractivity contribution in [1.29, 1.82) is 0 Å². The van der Waals surface area contributed by atoms with Gasteiger partial charge in [-0.05, 0) is 25.7 Å². The molecule has 0 aromatic heterocycles. The first-order valence-corrected chi connectivity index (χ1v) is 13.2. The second kappa shape index (κ2) is 26.9. The molecule has 170 valence electrons. The quantitative estimate of drug-likeness (QED) is 0.141. The van der Waals surface area contributed by atoms with E-state index in [1.165, 1.54) is 89.9 Å². The van der Waals surface area contributed by atoms with Crippen molar-refractivity contribution in [2.24, 2.45) is 0 Å². The predicted octanol–water partition coefficient (Wildman–Crippen LogP) is 8.26. The minimum absolute atomic E-state index is 0.0252. The standard InChI is InChI=1S/C16H34O.C8H15BrO2/c1-3-5-7-9-11-13-15-16(17)14-12-10-8-6-4-2;9-7-5-3-1-2-4-6-8(10)11/h16-17H,3-15H2,1-2H3;1-7H2,(H,10,11). The molecule has 0 bridgehead atoms. The maximum absolute atomic E-state index is 10.1. The van der Waals surface area contributed by atoms with Gasteiger partial charge < -0.3 is 10.2 Å². The minimum atomic E-state index is -0.675. The van der Waals surface area contributed by atoms with E-state index in [0.717, 1.165) is 31.0 Å². The highest BCUT2D eigenvalue weighted by Crippen LogP contribution is 2.13. The lowest BCUT2D eigenvalue weighted by atomic mass is 10.0. The predicted molar refractivity (Wildman–Crippen MR) is 127 cm³/mol. The van der Waals surface area contributed by atoms with Crippen LogP contribution in [-0.2, 0) is 4.79 Å². The summed E-state index contributed by atoms with van der Waals surface area (Å²) in [6, 6.07) is 0. The van der Waals surface area contributed by atoms with Gasteiger partial charge >= 0.3 is 5.97 Å². The summed E-state index contributed by atoms with van der Waals surface area (Å²) in [4.78, 5) is 10.1. The van der Waals surface area contributed by atoms with Crippen LogP contribution in [0.4, 0.5) is 0 Å². The number of unbranched alkanes of at least 4 members (excludes halogenated alkanes) is 13. The number of alkyl halides is 1. The molecule has 3 nitrogen and oxygen atoms in total. The summed E-state index contributed by atoms with van der Waals surface area (Å²) < 4.78 is 0. The first kappa shape index (κ1) is 30.1. The summed E-state index contributed by atoms with van der Waals surface area (Å²) in [7, 11) is 0. The van der Waals surface area contributed by atoms with Gasteiger partial charge in [-0.1, -0.05) is 120 Å². The molecule has 0 radical (unpaired) electrons. The molecule has 1 unspecified atom stereocenters. The molecule has 0 fully saturated rings. The lowest BCUT2D eigenvalue weighted by molar-refractivity contribution is -0.137. The Balaban J connectivity index is 0. The monoisotopic (exact) mass is 464 g/mol. The summed E-state index contributed by atoms with van der Waals surface area (Å²) in [6.45, 7) is 4.50. The Morgan fingerprint density at radius 3 is 1.50 bits per heavy atom. The average molecular weight is 466 g/mol. The molecule has 0 saturated carbocycles. The molecule has 0 aromatic rings. The van der Waals surface area contributed by atoms with Crippen LogP contribution >= 0.6 is 15.9 Å². The van der Waals surface area contributed by atoms with Gasteiger partial charge in [-0.3, -0.25) is 4.79 Å². The number of carboxylic acids is 1. The molecule has 0 aliphatic heterocycles. The number of aliphatic hydroxyl groups excluding tert-OH is 1. The fraction of sp³-hybridized carbons (Fsp3) is 0.958. The first-order valence-electron chi connectivity index (χ1n) is 12.0. The molecule has 0 rings (SSSR count). The number of carboxylic acid groups (broad SMARTS) is 1. The van der Waals surface area contributed by atoms with E-state index in [1.54, 1.807) is 0 Å². The average Bonchev–Trinajstić information content (AvgIpc) is 2.67. The number of halogens is 1. The van der Waals surface area contributed by atoms with Crippen molar-refractivity contribution in [3.8, 4) is 0 Å². The van der Waals surface area contributed by atoms with Crippen LogP contribution in [0.15, 0.2) is 0 Å². The van der Waals surface area contributed by atoms with E-state index in [4.69, 9.17) is 5.11 Å². The van der Waals surface area contributed by atoms with Crippen molar-refractivity contribution >= 4 is 21.9 Å². The number of carbonyl (C=O) groups is 1. The zero-order valence-corrected chi connectivity index (χ0v) is 20.5. The van der Waals surface area contributed by atoms with Crippen LogP contribution < -0.4 is 0 Å². The number of aliphatic hydroxyl groups is 1. The molecular formula is C24H49BrO3. The van der Waals surface area contributed by atoms with E-state index in [2.05, 4.69) is 29.8 Å². The van der Waals surface area contributed by atoms with Gasteiger partial charge in [0, 0.05) is 11.8 Å². The Kier molecular flexibility index (Phi) is 28.9. The lowest BCUT2D eigenvalue weighted by Gasteiger charge is -2.10. The smallest absolute Gasteiger partial charge is 0.303 e. The fourth-order valence-electron chi connectivity index (χ4n) is 3.19. The molecule has 4 heteroatoms. The van der Waals surface area contributed by atoms with Crippen LogP contribution in [0.3, 0.4) is 0 Å². The molecule has 0 spiro atoms. The number of hydrogen-bond donors (Lipinski definition) is 2. The third-order valence-corrected chi connectivity index (χ3v) is 5.62. The van der Waals surface area contributed by atoms with Gasteiger partial charge in [0.25, 0.3) is 0 Å². The van der Waals surface area contributed by atoms with E-state index >= 15 is 0 Å². The molecular weight excluding hydrogens is 416 g/mol. The van der Waals surface area contributed by atoms with Crippen LogP contribution in [0, 0.1) is 0 Å². The van der Waals surface area contributed by atoms with Gasteiger partial charge in [0.2, 0.25) is 0 Å². The normalized spacial score (nSPS) is 11.7. The Morgan fingerprint density at radius 1 is 0.679 bits per heavy atom. The van der Waals surface area contributed by atoms with Crippen molar-refractivity contribution in [2.45, 2.75) is 142 Å². The van der Waals surface area contributed by atoms with E-state index in [1.807, 2.05) is 0 Å². The van der Waals surface area contributed by atoms with Gasteiger partial charge in [-0.15, -0.1) is 0 Å². The van der Waals surface area contributed by atoms with E-state index in [0.29, 0.717) is 6.42 Å². The lowest BCUT2D eigenvalue weighted by Crippen LogP contribution is -2.05. The van der Waals surface area contributed by atoms with E-state index in [9.17, 15) is 9.90 Å². The summed E-state index contributed by atoms with van der Waals surface area (Å²) in [5, 5.41) is 19.2. The summed E-state index contributed by atoms with van der Waals surface area (Å²) in [6.07, 6.45) is 22.3. The van der Waals surface area contributed by atoms with Crippen molar-refractivity contribution in [1.82, 2.24) is 0 Å². The second-order valence-electron chi connectivity index (χ2n) is 8.01. The number of hydrogen-bond acceptors (Lipinski definition) is 2. The third-order valence-electron chi connectivity index (χ3n) is 5.06. The maximum atomic E-state index is 10.1. The van der Waals surface area contributed by atoms with Crippen molar-refractivity contribution in [2.75, 3.05) is 5.33 Å². The van der Waals surface area contributed by atoms with Crippen molar-refractivity contribution < 1.29 is 15.0 Å². The van der Waals surface area contributed by atoms with Crippen molar-refractivity contribution in [3.05, 3.63) is 0 Å². The molecule has 28 heavy (non-hydrogen) atoms. The SMILES string of the molecule is CCCCCCCCC(O)CCCCCCC.O=C(O)CCCCCCCBr. The van der Waals surface area contributed by atoms with Gasteiger partial charge in [0.05, 0.1) is 6.10 Å². The molecule has 0 amide bonds. The fourth-order valence-corrected chi connectivity index (χ4v) is 3.59. The number of rotatable bonds is 20. The highest BCUT2D eigenvalue weighted by molar-refractivity contribution is 9.09. The molecule has 0 heterocycles. The molecule has 0 aliphatic rings. The van der Waals surface area contributed by atoms with Gasteiger partial charge in [-0.25, -0.2) is 0 Å². The maximum Gasteiger partial charge on any atom is 0.303 e. The second-order valence-corrected chi connectivity index (χ2v) is 8.81. The summed E-state index contributed by atoms with van der Waals surface area (Å²) in [5.74, 6) is -0.675. The van der Waals surface area contributed by atoms with Crippen LogP contribution in [0.1, 0.15) is 136 Å². The molecule has 0 aliphatic carbocycles. The highest BCUT2D eigenvalue weighted by atomic mass is 79.9. The number of aliphatic carboxylic acids is 1. The van der Waals surface area contributed by atoms with Gasteiger partial charge in [0.15, 0.2) is 0 Å². The Labute approximate surface area is 184 Å². The minimum Gasteiger partial charge on any atom is -0.481 e. The Morgan fingerprint density at radius 2 is 1.07 bits per heavy atom. The molecule has 2 N–H and O–H groups in total. The highest BCUT2D eigenvalue weighted by Gasteiger charge is 2.03. The summed E-state index contributed by atoms with van der Waals surface area (Å²) >= 11 is 3.35. The third kappa shape index (κ3) is 30.6. The Bertz CT molecular complexity index is 298. The van der Waals surface area contributed by atoms with E-state index < -0.39 is 5.97 Å². The molecule has 0 aromatic carbocycles. The van der Waals surface area contributed by atoms with Crippen LogP contribution in [0.5, 0.6) is 0 Å². The van der Waals surface area contributed by atoms with Crippen molar-refractivity contribution in [3.63, 3.8) is 0 Å². The summed E-state index contributed by atoms with van der Waals surface area (Å²) in [5.41, 5.74) is 0. The van der Waals surface area contributed by atoms with Gasteiger partial charge in [0.1, 0.15) is 0 Å². The molecule has 1 atom stereocenters. The van der Waals surface area contributed by atoms with Crippen LogP contribution in [-0.4, -0.2) is 27.6 Å². The molecule has 0 saturated heterocycles.